The Morgan fingerprint density at radius 3 is 2.58 bits per heavy atom. The highest BCUT2D eigenvalue weighted by atomic mass is 19.1. The van der Waals surface area contributed by atoms with Gasteiger partial charge in [-0.3, -0.25) is 0 Å². The van der Waals surface area contributed by atoms with Gasteiger partial charge in [-0.1, -0.05) is 6.07 Å². The summed E-state index contributed by atoms with van der Waals surface area (Å²) in [4.78, 5) is 0. The highest BCUT2D eigenvalue weighted by molar-refractivity contribution is 5.48. The lowest BCUT2D eigenvalue weighted by molar-refractivity contribution is 0.583. The molecule has 0 aromatic heterocycles. The zero-order chi connectivity index (χ0) is 9.14. The largest absolute Gasteiger partial charge is 0.381 e. The van der Waals surface area contributed by atoms with E-state index in [0.717, 1.165) is 0 Å². The van der Waals surface area contributed by atoms with E-state index >= 15 is 0 Å². The fraction of sp³-hybridized carbons (Fsp3) is 0.333. The van der Waals surface area contributed by atoms with E-state index in [1.54, 1.807) is 13.8 Å². The van der Waals surface area contributed by atoms with Crippen LogP contribution in [-0.4, -0.2) is 6.54 Å². The Morgan fingerprint density at radius 2 is 2.00 bits per heavy atom. The molecule has 0 amide bonds. The average Bonchev–Trinajstić information content (AvgIpc) is 2.06. The fourth-order valence-corrected chi connectivity index (χ4v) is 0.995. The summed E-state index contributed by atoms with van der Waals surface area (Å²) in [7, 11) is 0. The molecule has 0 fully saturated rings. The first-order valence-electron chi connectivity index (χ1n) is 3.85. The van der Waals surface area contributed by atoms with E-state index in [-0.39, 0.29) is 5.69 Å². The minimum absolute atomic E-state index is 0.0301. The number of anilines is 1. The molecule has 1 aromatic carbocycles. The lowest BCUT2D eigenvalue weighted by Crippen LogP contribution is -2.03. The van der Waals surface area contributed by atoms with E-state index in [0.29, 0.717) is 12.1 Å². The van der Waals surface area contributed by atoms with Crippen LogP contribution in [0.5, 0.6) is 0 Å². The number of benzene rings is 1. The molecule has 0 bridgehead atoms. The van der Waals surface area contributed by atoms with Gasteiger partial charge in [0.15, 0.2) is 5.82 Å². The minimum atomic E-state index is -0.542. The highest BCUT2D eigenvalue weighted by Gasteiger charge is 2.09. The molecule has 0 saturated carbocycles. The molecular formula is C9H11F2N. The number of rotatable bonds is 2. The van der Waals surface area contributed by atoms with Crippen molar-refractivity contribution in [2.45, 2.75) is 13.8 Å². The van der Waals surface area contributed by atoms with Crippen molar-refractivity contribution in [1.82, 2.24) is 0 Å². The smallest absolute Gasteiger partial charge is 0.152 e. The van der Waals surface area contributed by atoms with Gasteiger partial charge in [0, 0.05) is 6.54 Å². The van der Waals surface area contributed by atoms with E-state index in [4.69, 9.17) is 0 Å². The van der Waals surface area contributed by atoms with Gasteiger partial charge in [0.05, 0.1) is 0 Å². The van der Waals surface area contributed by atoms with Gasteiger partial charge in [-0.2, -0.15) is 0 Å². The second-order valence-corrected chi connectivity index (χ2v) is 2.58. The molecular weight excluding hydrogens is 160 g/mol. The maximum absolute atomic E-state index is 13.1. The molecule has 0 radical (unpaired) electrons. The lowest BCUT2D eigenvalue weighted by atomic mass is 10.2. The third-order valence-electron chi connectivity index (χ3n) is 1.64. The Bertz CT molecular complexity index is 284. The number of aryl methyl sites for hydroxylation is 1. The van der Waals surface area contributed by atoms with Gasteiger partial charge in [0.25, 0.3) is 0 Å². The van der Waals surface area contributed by atoms with E-state index in [9.17, 15) is 8.78 Å². The zero-order valence-electron chi connectivity index (χ0n) is 7.12. The normalized spacial score (nSPS) is 10.0. The monoisotopic (exact) mass is 171 g/mol. The van der Waals surface area contributed by atoms with E-state index in [1.165, 1.54) is 12.1 Å². The summed E-state index contributed by atoms with van der Waals surface area (Å²) in [5, 5.41) is 2.63. The van der Waals surface area contributed by atoms with Crippen LogP contribution in [0.1, 0.15) is 12.5 Å². The fourth-order valence-electron chi connectivity index (χ4n) is 0.995. The Hall–Kier alpha value is -1.12. The van der Waals surface area contributed by atoms with Gasteiger partial charge in [-0.25, -0.2) is 8.78 Å². The Labute approximate surface area is 70.4 Å². The van der Waals surface area contributed by atoms with Crippen molar-refractivity contribution in [3.05, 3.63) is 29.3 Å². The summed E-state index contributed by atoms with van der Waals surface area (Å²) in [5.41, 5.74) is 0.421. The Kier molecular flexibility index (Phi) is 2.63. The van der Waals surface area contributed by atoms with Gasteiger partial charge in [0.1, 0.15) is 11.5 Å². The molecule has 0 atom stereocenters. The number of hydrogen-bond donors (Lipinski definition) is 1. The topological polar surface area (TPSA) is 12.0 Å². The average molecular weight is 171 g/mol. The zero-order valence-corrected chi connectivity index (χ0v) is 7.12. The van der Waals surface area contributed by atoms with Gasteiger partial charge in [-0.15, -0.1) is 0 Å². The van der Waals surface area contributed by atoms with E-state index in [1.807, 2.05) is 0 Å². The first-order valence-corrected chi connectivity index (χ1v) is 3.85. The standard InChI is InChI=1S/C9H11F2N/c1-3-12-9-7(10)5-4-6(2)8(9)11/h4-5,12H,3H2,1-2H3. The molecule has 1 rings (SSSR count). The van der Waals surface area contributed by atoms with Crippen molar-refractivity contribution in [3.63, 3.8) is 0 Å². The highest BCUT2D eigenvalue weighted by Crippen LogP contribution is 2.20. The molecule has 0 aliphatic carbocycles. The first-order chi connectivity index (χ1) is 5.66. The van der Waals surface area contributed by atoms with Crippen LogP contribution in [0.4, 0.5) is 14.5 Å². The molecule has 0 saturated heterocycles. The summed E-state index contributed by atoms with van der Waals surface area (Å²) in [6, 6.07) is 2.68. The third-order valence-corrected chi connectivity index (χ3v) is 1.64. The summed E-state index contributed by atoms with van der Waals surface area (Å²) in [5.74, 6) is -1.04. The van der Waals surface area contributed by atoms with Gasteiger partial charge in [-0.05, 0) is 25.5 Å². The Morgan fingerprint density at radius 1 is 1.33 bits per heavy atom. The van der Waals surface area contributed by atoms with Crippen LogP contribution in [0.3, 0.4) is 0 Å². The van der Waals surface area contributed by atoms with Crippen molar-refractivity contribution in [2.24, 2.45) is 0 Å². The first kappa shape index (κ1) is 8.97. The summed E-state index contributed by atoms with van der Waals surface area (Å²) in [6.07, 6.45) is 0. The summed E-state index contributed by atoms with van der Waals surface area (Å²) < 4.78 is 26.1. The second kappa shape index (κ2) is 3.52. The van der Waals surface area contributed by atoms with Crippen molar-refractivity contribution in [1.29, 1.82) is 0 Å². The van der Waals surface area contributed by atoms with Gasteiger partial charge < -0.3 is 5.32 Å². The molecule has 66 valence electrons. The Balaban J connectivity index is 3.14. The van der Waals surface area contributed by atoms with Gasteiger partial charge >= 0.3 is 0 Å². The van der Waals surface area contributed by atoms with Gasteiger partial charge in [0.2, 0.25) is 0 Å². The molecule has 1 N–H and O–H groups in total. The van der Waals surface area contributed by atoms with Crippen LogP contribution in [0.2, 0.25) is 0 Å². The van der Waals surface area contributed by atoms with Crippen molar-refractivity contribution in [2.75, 3.05) is 11.9 Å². The molecule has 12 heavy (non-hydrogen) atoms. The van der Waals surface area contributed by atoms with Crippen molar-refractivity contribution < 1.29 is 8.78 Å². The third kappa shape index (κ3) is 1.55. The van der Waals surface area contributed by atoms with Crippen LogP contribution in [-0.2, 0) is 0 Å². The summed E-state index contributed by atoms with van der Waals surface area (Å²) in [6.45, 7) is 3.91. The van der Waals surface area contributed by atoms with E-state index < -0.39 is 11.6 Å². The predicted octanol–water partition coefficient (Wildman–Crippen LogP) is 2.71. The van der Waals surface area contributed by atoms with Crippen LogP contribution in [0, 0.1) is 18.6 Å². The van der Waals surface area contributed by atoms with Crippen LogP contribution in [0.15, 0.2) is 12.1 Å². The number of halogens is 2. The molecule has 0 aliphatic rings. The van der Waals surface area contributed by atoms with Crippen molar-refractivity contribution in [3.8, 4) is 0 Å². The predicted molar refractivity (Wildman–Crippen MR) is 45.3 cm³/mol. The molecule has 1 aromatic rings. The lowest BCUT2D eigenvalue weighted by Gasteiger charge is -2.07. The molecule has 0 spiro atoms. The molecule has 0 aliphatic heterocycles. The van der Waals surface area contributed by atoms with E-state index in [2.05, 4.69) is 5.32 Å². The van der Waals surface area contributed by atoms with Crippen LogP contribution < -0.4 is 5.32 Å². The molecule has 0 heterocycles. The van der Waals surface area contributed by atoms with Crippen LogP contribution in [0.25, 0.3) is 0 Å². The van der Waals surface area contributed by atoms with Crippen LogP contribution >= 0.6 is 0 Å². The summed E-state index contributed by atoms with van der Waals surface area (Å²) >= 11 is 0. The molecule has 3 heteroatoms. The maximum atomic E-state index is 13.1. The van der Waals surface area contributed by atoms with Crippen molar-refractivity contribution >= 4 is 5.69 Å². The number of hydrogen-bond acceptors (Lipinski definition) is 1. The molecule has 0 unspecified atom stereocenters. The minimum Gasteiger partial charge on any atom is -0.381 e. The SMILES string of the molecule is CCNc1c(F)ccc(C)c1F. The second-order valence-electron chi connectivity index (χ2n) is 2.58. The quantitative estimate of drug-likeness (QED) is 0.721. The maximum Gasteiger partial charge on any atom is 0.152 e. The number of nitrogens with one attached hydrogen (secondary N) is 1. The molecule has 1 nitrogen and oxygen atoms in total.